The molecule has 11 nitrogen and oxygen atoms in total. The summed E-state index contributed by atoms with van der Waals surface area (Å²) in [5, 5.41) is 13.6. The highest BCUT2D eigenvalue weighted by molar-refractivity contribution is 7.98. The third kappa shape index (κ3) is 12.8. The van der Waals surface area contributed by atoms with Crippen molar-refractivity contribution in [3.8, 4) is 0 Å². The molecule has 0 heterocycles. The second-order valence-corrected chi connectivity index (χ2v) is 11.5. The Morgan fingerprint density at radius 2 is 1.48 bits per heavy atom. The number of carbonyl (C=O) groups excluding carboxylic acids is 5. The minimum Gasteiger partial charge on any atom is -0.368 e. The zero-order chi connectivity index (χ0) is 30.2. The highest BCUT2D eigenvalue weighted by Crippen LogP contribution is 2.08. The highest BCUT2D eigenvalue weighted by atomic mass is 32.2. The average Bonchev–Trinajstić information content (AvgIpc) is 2.90. The van der Waals surface area contributed by atoms with E-state index in [-0.39, 0.29) is 24.3 Å². The van der Waals surface area contributed by atoms with Gasteiger partial charge in [-0.3, -0.25) is 24.0 Å². The second kappa shape index (κ2) is 18.3. The number of likely N-dealkylation sites (N-methyl/N-ethyl adjacent to an activating group) is 1. The van der Waals surface area contributed by atoms with E-state index in [1.54, 1.807) is 20.9 Å². The van der Waals surface area contributed by atoms with Crippen LogP contribution in [0.25, 0.3) is 0 Å². The summed E-state index contributed by atoms with van der Waals surface area (Å²) in [6, 6.07) is 6.38. The minimum absolute atomic E-state index is 0.0698. The molecule has 1 aromatic carbocycles. The number of hydrogen-bond acceptors (Lipinski definition) is 7. The molecule has 7 N–H and O–H groups in total. The van der Waals surface area contributed by atoms with Crippen LogP contribution < -0.4 is 32.3 Å². The molecular weight excluding hydrogens is 532 g/mol. The summed E-state index contributed by atoms with van der Waals surface area (Å²) in [5.74, 6) is -2.10. The lowest BCUT2D eigenvalue weighted by molar-refractivity contribution is -0.133. The fourth-order valence-corrected chi connectivity index (χ4v) is 4.46. The second-order valence-electron chi connectivity index (χ2n) is 10.5. The Kier molecular flexibility index (Phi) is 15.9. The van der Waals surface area contributed by atoms with Gasteiger partial charge in [-0.25, -0.2) is 0 Å². The van der Waals surface area contributed by atoms with Crippen LogP contribution in [0.3, 0.4) is 0 Å². The van der Waals surface area contributed by atoms with E-state index < -0.39 is 47.8 Å². The molecule has 4 unspecified atom stereocenters. The lowest BCUT2D eigenvalue weighted by Crippen LogP contribution is -2.57. The van der Waals surface area contributed by atoms with Crippen LogP contribution in [-0.4, -0.2) is 79.3 Å². The van der Waals surface area contributed by atoms with Crippen molar-refractivity contribution in [2.45, 2.75) is 71.1 Å². The summed E-state index contributed by atoms with van der Waals surface area (Å²) in [6.07, 6.45) is 3.04. The summed E-state index contributed by atoms with van der Waals surface area (Å²) in [6.45, 7) is 7.01. The molecule has 1 rings (SSSR count). The fourth-order valence-electron chi connectivity index (χ4n) is 3.98. The number of benzene rings is 1. The number of hydrogen-bond donors (Lipinski definition) is 6. The van der Waals surface area contributed by atoms with Crippen LogP contribution in [0.15, 0.2) is 30.3 Å². The van der Waals surface area contributed by atoms with E-state index in [1.165, 1.54) is 11.8 Å². The first kappa shape index (κ1) is 34.9. The number of thioether (sulfide) groups is 1. The van der Waals surface area contributed by atoms with Crippen molar-refractivity contribution in [2.75, 3.05) is 25.6 Å². The van der Waals surface area contributed by atoms with Crippen LogP contribution >= 0.6 is 11.8 Å². The number of rotatable bonds is 18. The molecule has 5 amide bonds. The SMILES string of the molecule is CNC(Cc1ccccc1)C(=O)NC(C(=O)NCC(=O)NC(CC(C)C)C(=O)NC(CCSC)C(N)=O)C(C)C. The molecular formula is C28H46N6O5S. The van der Waals surface area contributed by atoms with Gasteiger partial charge in [0.15, 0.2) is 0 Å². The fraction of sp³-hybridized carbons (Fsp3) is 0.607. The molecule has 0 aliphatic rings. The normalized spacial score (nSPS) is 14.1. The Morgan fingerprint density at radius 3 is 2.00 bits per heavy atom. The number of amides is 5. The topological polar surface area (TPSA) is 172 Å². The van der Waals surface area contributed by atoms with Crippen LogP contribution in [0.4, 0.5) is 0 Å². The van der Waals surface area contributed by atoms with Gasteiger partial charge in [-0.05, 0) is 55.7 Å². The predicted molar refractivity (Wildman–Crippen MR) is 158 cm³/mol. The molecule has 4 atom stereocenters. The van der Waals surface area contributed by atoms with Gasteiger partial charge in [0.05, 0.1) is 12.6 Å². The number of primary amides is 1. The summed E-state index contributed by atoms with van der Waals surface area (Å²) in [5.41, 5.74) is 6.41. The Balaban J connectivity index is 2.78. The number of carbonyl (C=O) groups is 5. The first-order valence-electron chi connectivity index (χ1n) is 13.6. The lowest BCUT2D eigenvalue weighted by Gasteiger charge is -2.25. The molecule has 0 radical (unpaired) electrons. The molecule has 12 heteroatoms. The Bertz CT molecular complexity index is 975. The van der Waals surface area contributed by atoms with Gasteiger partial charge < -0.3 is 32.3 Å². The van der Waals surface area contributed by atoms with Crippen LogP contribution in [0, 0.1) is 11.8 Å². The standard InChI is InChI=1S/C28H46N6O5S/c1-17(2)14-22(27(38)33-20(25(29)36)12-13-40-6)32-23(35)16-31-28(39)24(18(3)4)34-26(37)21(30-5)15-19-10-8-7-9-11-19/h7-11,17-18,20-22,24,30H,12-16H2,1-6H3,(H2,29,36)(H,31,39)(H,32,35)(H,33,38)(H,34,37). The van der Waals surface area contributed by atoms with Crippen molar-refractivity contribution >= 4 is 41.3 Å². The molecule has 0 saturated carbocycles. The molecule has 0 fully saturated rings. The maximum absolute atomic E-state index is 13.0. The number of nitrogens with two attached hydrogens (primary N) is 1. The van der Waals surface area contributed by atoms with Crippen molar-refractivity contribution in [1.82, 2.24) is 26.6 Å². The van der Waals surface area contributed by atoms with E-state index in [4.69, 9.17) is 5.73 Å². The third-order valence-electron chi connectivity index (χ3n) is 6.25. The van der Waals surface area contributed by atoms with Crippen LogP contribution in [-0.2, 0) is 30.4 Å². The van der Waals surface area contributed by atoms with E-state index in [1.807, 2.05) is 50.4 Å². The van der Waals surface area contributed by atoms with Crippen LogP contribution in [0.2, 0.25) is 0 Å². The number of nitrogens with one attached hydrogen (secondary N) is 5. The summed E-state index contributed by atoms with van der Waals surface area (Å²) in [4.78, 5) is 63.3. The highest BCUT2D eigenvalue weighted by Gasteiger charge is 2.29. The molecule has 40 heavy (non-hydrogen) atoms. The zero-order valence-corrected chi connectivity index (χ0v) is 25.2. The van der Waals surface area contributed by atoms with Gasteiger partial charge in [0.1, 0.15) is 18.1 Å². The van der Waals surface area contributed by atoms with E-state index in [9.17, 15) is 24.0 Å². The summed E-state index contributed by atoms with van der Waals surface area (Å²) in [7, 11) is 1.68. The minimum atomic E-state index is -0.907. The van der Waals surface area contributed by atoms with E-state index in [0.29, 0.717) is 25.0 Å². The molecule has 224 valence electrons. The van der Waals surface area contributed by atoms with Crippen molar-refractivity contribution in [1.29, 1.82) is 0 Å². The average molecular weight is 579 g/mol. The quantitative estimate of drug-likeness (QED) is 0.146. The van der Waals surface area contributed by atoms with Gasteiger partial charge in [0.2, 0.25) is 29.5 Å². The molecule has 1 aromatic rings. The molecule has 0 saturated heterocycles. The van der Waals surface area contributed by atoms with Crippen molar-refractivity contribution in [3.05, 3.63) is 35.9 Å². The molecule has 0 aliphatic heterocycles. The summed E-state index contributed by atoms with van der Waals surface area (Å²) < 4.78 is 0. The van der Waals surface area contributed by atoms with Gasteiger partial charge >= 0.3 is 0 Å². The zero-order valence-electron chi connectivity index (χ0n) is 24.4. The van der Waals surface area contributed by atoms with Gasteiger partial charge in [-0.15, -0.1) is 0 Å². The van der Waals surface area contributed by atoms with E-state index >= 15 is 0 Å². The lowest BCUT2D eigenvalue weighted by atomic mass is 10.0. The van der Waals surface area contributed by atoms with Crippen molar-refractivity contribution in [3.63, 3.8) is 0 Å². The van der Waals surface area contributed by atoms with Gasteiger partial charge in [0.25, 0.3) is 0 Å². The Morgan fingerprint density at radius 1 is 0.850 bits per heavy atom. The largest absolute Gasteiger partial charge is 0.368 e. The van der Waals surface area contributed by atoms with Gasteiger partial charge in [-0.1, -0.05) is 58.0 Å². The van der Waals surface area contributed by atoms with Crippen molar-refractivity contribution in [2.24, 2.45) is 17.6 Å². The smallest absolute Gasteiger partial charge is 0.243 e. The van der Waals surface area contributed by atoms with Crippen LogP contribution in [0.5, 0.6) is 0 Å². The van der Waals surface area contributed by atoms with Gasteiger partial charge in [0, 0.05) is 0 Å². The van der Waals surface area contributed by atoms with E-state index in [0.717, 1.165) is 5.56 Å². The summed E-state index contributed by atoms with van der Waals surface area (Å²) >= 11 is 1.53. The van der Waals surface area contributed by atoms with Crippen LogP contribution in [0.1, 0.15) is 46.1 Å². The van der Waals surface area contributed by atoms with Gasteiger partial charge in [-0.2, -0.15) is 11.8 Å². The maximum Gasteiger partial charge on any atom is 0.243 e. The maximum atomic E-state index is 13.0. The molecule has 0 spiro atoms. The predicted octanol–water partition coefficient (Wildman–Crippen LogP) is 0.328. The molecule has 0 aromatic heterocycles. The first-order valence-corrected chi connectivity index (χ1v) is 15.0. The third-order valence-corrected chi connectivity index (χ3v) is 6.89. The first-order chi connectivity index (χ1) is 18.9. The Hall–Kier alpha value is -3.12. The Labute approximate surface area is 241 Å². The monoisotopic (exact) mass is 578 g/mol. The molecule has 0 bridgehead atoms. The van der Waals surface area contributed by atoms with Crippen molar-refractivity contribution < 1.29 is 24.0 Å². The van der Waals surface area contributed by atoms with E-state index in [2.05, 4.69) is 26.6 Å². The molecule has 0 aliphatic carbocycles.